The normalized spacial score (nSPS) is 11.7. The highest BCUT2D eigenvalue weighted by molar-refractivity contribution is 5.84. The third-order valence-electron chi connectivity index (χ3n) is 6.10. The van der Waals surface area contributed by atoms with E-state index in [1.807, 2.05) is 60.9 Å². The minimum absolute atomic E-state index is 0.200. The highest BCUT2D eigenvalue weighted by Gasteiger charge is 2.18. The van der Waals surface area contributed by atoms with Crippen molar-refractivity contribution in [3.63, 3.8) is 0 Å². The maximum atomic E-state index is 12.6. The fourth-order valence-corrected chi connectivity index (χ4v) is 4.42. The van der Waals surface area contributed by atoms with Crippen LogP contribution in [0.4, 0.5) is 0 Å². The number of fused-ring (bicyclic) bond motifs is 4. The number of hydrogen-bond acceptors (Lipinski definition) is 6. The predicted octanol–water partition coefficient (Wildman–Crippen LogP) is 4.29. The topological polar surface area (TPSA) is 107 Å². The van der Waals surface area contributed by atoms with Crippen LogP contribution in [0.25, 0.3) is 50.4 Å². The van der Waals surface area contributed by atoms with Crippen LogP contribution < -0.4 is 5.56 Å². The molecule has 3 aromatic carbocycles. The van der Waals surface area contributed by atoms with Gasteiger partial charge in [-0.3, -0.25) is 4.79 Å². The van der Waals surface area contributed by atoms with Gasteiger partial charge in [0, 0.05) is 12.1 Å². The van der Waals surface area contributed by atoms with Crippen molar-refractivity contribution in [2.45, 2.75) is 6.54 Å². The van der Waals surface area contributed by atoms with Gasteiger partial charge in [-0.25, -0.2) is 9.50 Å². The van der Waals surface area contributed by atoms with E-state index in [2.05, 4.69) is 41.9 Å². The molecule has 0 unspecified atom stereocenters. The number of aromatic nitrogens is 7. The second-order valence-corrected chi connectivity index (χ2v) is 8.27. The van der Waals surface area contributed by atoms with Gasteiger partial charge in [-0.2, -0.15) is 10.1 Å². The Labute approximate surface area is 197 Å². The quantitative estimate of drug-likeness (QED) is 0.421. The van der Waals surface area contributed by atoms with Crippen molar-refractivity contribution in [3.8, 4) is 22.8 Å². The van der Waals surface area contributed by atoms with Crippen LogP contribution in [0.2, 0.25) is 0 Å². The SMILES string of the molecule is O=c1[nH]c2c(-c3nc(-c4cccc(Cn5cnc6ccccc65)c4)no3)cnn2c2ccccc12. The molecule has 7 aromatic rings. The van der Waals surface area contributed by atoms with Crippen LogP contribution in [0.5, 0.6) is 0 Å². The summed E-state index contributed by atoms with van der Waals surface area (Å²) in [7, 11) is 0. The van der Waals surface area contributed by atoms with E-state index in [1.54, 1.807) is 16.8 Å². The van der Waals surface area contributed by atoms with Crippen LogP contribution in [0.15, 0.2) is 94.6 Å². The summed E-state index contributed by atoms with van der Waals surface area (Å²) in [4.78, 5) is 24.5. The summed E-state index contributed by atoms with van der Waals surface area (Å²) in [6, 6.07) is 23.4. The summed E-state index contributed by atoms with van der Waals surface area (Å²) in [5, 5.41) is 9.18. The lowest BCUT2D eigenvalue weighted by molar-refractivity contribution is 0.432. The average Bonchev–Trinajstić information content (AvgIpc) is 3.63. The zero-order valence-electron chi connectivity index (χ0n) is 18.3. The van der Waals surface area contributed by atoms with Gasteiger partial charge in [0.25, 0.3) is 11.4 Å². The van der Waals surface area contributed by atoms with Crippen molar-refractivity contribution in [2.24, 2.45) is 0 Å². The van der Waals surface area contributed by atoms with Crippen molar-refractivity contribution in [3.05, 3.63) is 101 Å². The second-order valence-electron chi connectivity index (χ2n) is 8.27. The number of nitrogens with zero attached hydrogens (tertiary/aromatic N) is 6. The number of rotatable bonds is 4. The van der Waals surface area contributed by atoms with Gasteiger partial charge in [-0.1, -0.05) is 47.6 Å². The van der Waals surface area contributed by atoms with E-state index < -0.39 is 0 Å². The van der Waals surface area contributed by atoms with Gasteiger partial charge in [0.15, 0.2) is 0 Å². The van der Waals surface area contributed by atoms with E-state index >= 15 is 0 Å². The van der Waals surface area contributed by atoms with Crippen LogP contribution >= 0.6 is 0 Å². The van der Waals surface area contributed by atoms with E-state index in [1.165, 1.54) is 0 Å². The average molecular weight is 459 g/mol. The first-order chi connectivity index (χ1) is 17.2. The molecule has 0 aliphatic rings. The Balaban J connectivity index is 1.25. The lowest BCUT2D eigenvalue weighted by atomic mass is 10.1. The van der Waals surface area contributed by atoms with Crippen molar-refractivity contribution in [2.75, 3.05) is 0 Å². The molecule has 0 aliphatic carbocycles. The van der Waals surface area contributed by atoms with Crippen LogP contribution in [-0.4, -0.2) is 34.3 Å². The van der Waals surface area contributed by atoms with Gasteiger partial charge in [0.2, 0.25) is 5.82 Å². The van der Waals surface area contributed by atoms with E-state index in [-0.39, 0.29) is 11.4 Å². The number of para-hydroxylation sites is 3. The summed E-state index contributed by atoms with van der Waals surface area (Å²) < 4.78 is 9.35. The standard InChI is InChI=1S/C26H17N7O2/c34-25-18-8-1-3-10-21(18)33-24(30-25)19(13-28-33)26-29-23(31-35-26)17-7-5-6-16(12-17)14-32-15-27-20-9-2-4-11-22(20)32/h1-13,15H,14H2,(H,30,34). The molecule has 7 rings (SSSR count). The first-order valence-electron chi connectivity index (χ1n) is 11.1. The minimum Gasteiger partial charge on any atom is -0.333 e. The van der Waals surface area contributed by atoms with Gasteiger partial charge in [-0.05, 0) is 35.9 Å². The maximum Gasteiger partial charge on any atom is 0.263 e. The maximum absolute atomic E-state index is 12.6. The lowest BCUT2D eigenvalue weighted by Gasteiger charge is -2.05. The van der Waals surface area contributed by atoms with Crippen LogP contribution in [0.1, 0.15) is 5.56 Å². The monoisotopic (exact) mass is 459 g/mol. The Morgan fingerprint density at radius 3 is 2.74 bits per heavy atom. The Hall–Kier alpha value is -5.05. The Morgan fingerprint density at radius 2 is 1.80 bits per heavy atom. The predicted molar refractivity (Wildman–Crippen MR) is 131 cm³/mol. The number of aromatic amines is 1. The van der Waals surface area contributed by atoms with Crippen LogP contribution in [0.3, 0.4) is 0 Å². The third-order valence-corrected chi connectivity index (χ3v) is 6.10. The molecule has 1 N–H and O–H groups in total. The van der Waals surface area contributed by atoms with E-state index in [0.717, 1.165) is 22.2 Å². The molecule has 0 bridgehead atoms. The van der Waals surface area contributed by atoms with Crippen LogP contribution in [-0.2, 0) is 6.54 Å². The Bertz CT molecular complexity index is 1930. The first kappa shape index (κ1) is 19.4. The second kappa shape index (κ2) is 7.49. The molecular weight excluding hydrogens is 442 g/mol. The molecule has 0 atom stereocenters. The number of nitrogens with one attached hydrogen (secondary N) is 1. The molecule has 168 valence electrons. The summed E-state index contributed by atoms with van der Waals surface area (Å²) in [6.45, 7) is 0.668. The molecule has 35 heavy (non-hydrogen) atoms. The molecule has 4 heterocycles. The molecule has 0 amide bonds. The number of benzene rings is 3. The molecule has 9 heteroatoms. The van der Waals surface area contributed by atoms with Gasteiger partial charge in [-0.15, -0.1) is 0 Å². The van der Waals surface area contributed by atoms with Gasteiger partial charge >= 0.3 is 0 Å². The van der Waals surface area contributed by atoms with Crippen molar-refractivity contribution >= 4 is 27.6 Å². The fourth-order valence-electron chi connectivity index (χ4n) is 4.42. The summed E-state index contributed by atoms with van der Waals surface area (Å²) in [5.74, 6) is 0.742. The number of imidazole rings is 1. The fraction of sp³-hybridized carbons (Fsp3) is 0.0385. The largest absolute Gasteiger partial charge is 0.333 e. The van der Waals surface area contributed by atoms with Gasteiger partial charge < -0.3 is 14.1 Å². The van der Waals surface area contributed by atoms with Crippen LogP contribution in [0, 0.1) is 0 Å². The lowest BCUT2D eigenvalue weighted by Crippen LogP contribution is -2.10. The van der Waals surface area contributed by atoms with Gasteiger partial charge in [0.1, 0.15) is 11.2 Å². The number of hydrogen-bond donors (Lipinski definition) is 1. The van der Waals surface area contributed by atoms with E-state index in [0.29, 0.717) is 34.5 Å². The van der Waals surface area contributed by atoms with Crippen molar-refractivity contribution in [1.82, 2.24) is 34.3 Å². The van der Waals surface area contributed by atoms with E-state index in [4.69, 9.17) is 4.52 Å². The number of H-pyrrole nitrogens is 1. The van der Waals surface area contributed by atoms with E-state index in [9.17, 15) is 4.79 Å². The molecule has 4 aromatic heterocycles. The molecule has 0 fully saturated rings. The molecule has 0 saturated heterocycles. The zero-order valence-corrected chi connectivity index (χ0v) is 18.3. The molecule has 0 radical (unpaired) electrons. The molecule has 0 saturated carbocycles. The minimum atomic E-state index is -0.200. The Kier molecular flexibility index (Phi) is 4.16. The highest BCUT2D eigenvalue weighted by atomic mass is 16.5. The summed E-state index contributed by atoms with van der Waals surface area (Å²) in [5.41, 5.74) is 5.53. The first-order valence-corrected chi connectivity index (χ1v) is 11.1. The molecular formula is C26H17N7O2. The van der Waals surface area contributed by atoms with Crippen molar-refractivity contribution < 1.29 is 4.52 Å². The molecule has 9 nitrogen and oxygen atoms in total. The highest BCUT2D eigenvalue weighted by Crippen LogP contribution is 2.26. The summed E-state index contributed by atoms with van der Waals surface area (Å²) in [6.07, 6.45) is 3.47. The zero-order chi connectivity index (χ0) is 23.4. The molecule has 0 spiro atoms. The third kappa shape index (κ3) is 3.13. The Morgan fingerprint density at radius 1 is 0.943 bits per heavy atom. The van der Waals surface area contributed by atoms with Crippen molar-refractivity contribution in [1.29, 1.82) is 0 Å². The smallest absolute Gasteiger partial charge is 0.263 e. The summed E-state index contributed by atoms with van der Waals surface area (Å²) >= 11 is 0. The molecule has 0 aliphatic heterocycles. The van der Waals surface area contributed by atoms with Gasteiger partial charge in [0.05, 0.1) is 34.5 Å².